The molecule has 5 nitrogen and oxygen atoms in total. The number of imide groups is 1. The van der Waals surface area contributed by atoms with Crippen molar-refractivity contribution in [1.29, 1.82) is 0 Å². The van der Waals surface area contributed by atoms with E-state index < -0.39 is 6.10 Å². The zero-order valence-corrected chi connectivity index (χ0v) is 10.8. The van der Waals surface area contributed by atoms with Crippen LogP contribution in [0.5, 0.6) is 0 Å². The molecular weight excluding hydrogens is 234 g/mol. The summed E-state index contributed by atoms with van der Waals surface area (Å²) in [7, 11) is 0. The van der Waals surface area contributed by atoms with Gasteiger partial charge in [-0.3, -0.25) is 14.5 Å². The van der Waals surface area contributed by atoms with E-state index in [0.29, 0.717) is 12.3 Å². The molecule has 102 valence electrons. The summed E-state index contributed by atoms with van der Waals surface area (Å²) in [5, 5.41) is 9.79. The predicted molar refractivity (Wildman–Crippen MR) is 64.7 cm³/mol. The Morgan fingerprint density at radius 3 is 2.56 bits per heavy atom. The van der Waals surface area contributed by atoms with Gasteiger partial charge in [0.25, 0.3) is 11.8 Å². The molecule has 5 heteroatoms. The van der Waals surface area contributed by atoms with Crippen LogP contribution < -0.4 is 0 Å². The van der Waals surface area contributed by atoms with Gasteiger partial charge in [0.1, 0.15) is 13.2 Å². The average Bonchev–Trinajstić information content (AvgIpc) is 2.32. The minimum absolute atomic E-state index is 0.0167. The molecular formula is C13H21NO4. The van der Waals surface area contributed by atoms with Crippen molar-refractivity contribution < 1.29 is 19.4 Å². The molecule has 0 aromatic carbocycles. The highest BCUT2D eigenvalue weighted by atomic mass is 16.5. The topological polar surface area (TPSA) is 66.8 Å². The Hall–Kier alpha value is -0.940. The van der Waals surface area contributed by atoms with Crippen molar-refractivity contribution in [3.05, 3.63) is 0 Å². The third-order valence-electron chi connectivity index (χ3n) is 3.91. The van der Waals surface area contributed by atoms with Crippen molar-refractivity contribution >= 4 is 11.8 Å². The fourth-order valence-electron chi connectivity index (χ4n) is 3.09. The Morgan fingerprint density at radius 1 is 1.28 bits per heavy atom. The maximum atomic E-state index is 11.9. The molecule has 1 aliphatic carbocycles. The van der Waals surface area contributed by atoms with Gasteiger partial charge in [0, 0.05) is 6.04 Å². The lowest BCUT2D eigenvalue weighted by Gasteiger charge is -2.41. The highest BCUT2D eigenvalue weighted by molar-refractivity contribution is 5.98. The first-order valence-corrected chi connectivity index (χ1v) is 6.74. The summed E-state index contributed by atoms with van der Waals surface area (Å²) in [5.41, 5.74) is 0. The molecule has 0 aromatic heterocycles. The number of aliphatic hydroxyl groups is 1. The fraction of sp³-hybridized carbons (Fsp3) is 0.846. The zero-order valence-electron chi connectivity index (χ0n) is 10.8. The zero-order chi connectivity index (χ0) is 13.1. The lowest BCUT2D eigenvalue weighted by atomic mass is 9.79. The van der Waals surface area contributed by atoms with E-state index in [0.717, 1.165) is 25.7 Å². The van der Waals surface area contributed by atoms with Crippen LogP contribution in [0, 0.1) is 5.92 Å². The number of amides is 2. The van der Waals surface area contributed by atoms with Crippen LogP contribution in [-0.2, 0) is 14.3 Å². The van der Waals surface area contributed by atoms with Crippen LogP contribution in [0.1, 0.15) is 39.0 Å². The van der Waals surface area contributed by atoms with E-state index in [2.05, 4.69) is 6.92 Å². The van der Waals surface area contributed by atoms with E-state index in [-0.39, 0.29) is 31.1 Å². The van der Waals surface area contributed by atoms with Gasteiger partial charge in [-0.15, -0.1) is 0 Å². The predicted octanol–water partition coefficient (Wildman–Crippen LogP) is 0.702. The van der Waals surface area contributed by atoms with E-state index in [4.69, 9.17) is 4.74 Å². The molecule has 0 aromatic rings. The van der Waals surface area contributed by atoms with Gasteiger partial charge < -0.3 is 9.84 Å². The number of hydrogen-bond acceptors (Lipinski definition) is 4. The first-order valence-electron chi connectivity index (χ1n) is 6.74. The summed E-state index contributed by atoms with van der Waals surface area (Å²) in [4.78, 5) is 25.1. The molecule has 1 N–H and O–H groups in total. The number of morpholine rings is 1. The molecule has 0 radical (unpaired) electrons. The van der Waals surface area contributed by atoms with E-state index in [1.807, 2.05) is 0 Å². The highest BCUT2D eigenvalue weighted by Gasteiger charge is 2.40. The highest BCUT2D eigenvalue weighted by Crippen LogP contribution is 2.32. The SMILES string of the molecule is CCCC1CCC(O)CC1N1C(=O)COCC1=O. The Balaban J connectivity index is 2.14. The molecule has 1 heterocycles. The van der Waals surface area contributed by atoms with Gasteiger partial charge in [0.05, 0.1) is 6.10 Å². The van der Waals surface area contributed by atoms with Crippen molar-refractivity contribution in [3.63, 3.8) is 0 Å². The molecule has 2 fully saturated rings. The third kappa shape index (κ3) is 2.72. The molecule has 0 bridgehead atoms. The molecule has 2 aliphatic rings. The van der Waals surface area contributed by atoms with Crippen LogP contribution >= 0.6 is 0 Å². The summed E-state index contributed by atoms with van der Waals surface area (Å²) in [5.74, 6) is -0.192. The van der Waals surface area contributed by atoms with Crippen LogP contribution in [0.3, 0.4) is 0 Å². The molecule has 2 amide bonds. The molecule has 1 aliphatic heterocycles. The number of nitrogens with zero attached hydrogens (tertiary/aromatic N) is 1. The van der Waals surface area contributed by atoms with Gasteiger partial charge in [-0.05, 0) is 31.6 Å². The number of aliphatic hydroxyl groups excluding tert-OH is 1. The number of rotatable bonds is 3. The van der Waals surface area contributed by atoms with Crippen LogP contribution in [0.4, 0.5) is 0 Å². The summed E-state index contributed by atoms with van der Waals surface area (Å²) in [6.45, 7) is 2.07. The second kappa shape index (κ2) is 5.80. The molecule has 18 heavy (non-hydrogen) atoms. The number of carbonyl (C=O) groups is 2. The Kier molecular flexibility index (Phi) is 4.35. The van der Waals surface area contributed by atoms with Crippen LogP contribution in [0.25, 0.3) is 0 Å². The number of hydrogen-bond donors (Lipinski definition) is 1. The lowest BCUT2D eigenvalue weighted by molar-refractivity contribution is -0.165. The van der Waals surface area contributed by atoms with Crippen LogP contribution in [0.15, 0.2) is 0 Å². The van der Waals surface area contributed by atoms with Gasteiger partial charge in [-0.1, -0.05) is 13.3 Å². The van der Waals surface area contributed by atoms with E-state index in [1.54, 1.807) is 0 Å². The monoisotopic (exact) mass is 255 g/mol. The van der Waals surface area contributed by atoms with Crippen LogP contribution in [-0.4, -0.2) is 47.2 Å². The van der Waals surface area contributed by atoms with E-state index in [9.17, 15) is 14.7 Å². The molecule has 1 saturated carbocycles. The summed E-state index contributed by atoms with van der Waals surface area (Å²) < 4.78 is 4.93. The van der Waals surface area contributed by atoms with Gasteiger partial charge in [-0.25, -0.2) is 0 Å². The first kappa shape index (κ1) is 13.5. The van der Waals surface area contributed by atoms with Gasteiger partial charge in [0.15, 0.2) is 0 Å². The maximum Gasteiger partial charge on any atom is 0.255 e. The summed E-state index contributed by atoms with van der Waals surface area (Å²) in [6.07, 6.45) is 3.80. The van der Waals surface area contributed by atoms with Crippen molar-refractivity contribution in [1.82, 2.24) is 4.90 Å². The average molecular weight is 255 g/mol. The first-order chi connectivity index (χ1) is 8.63. The minimum Gasteiger partial charge on any atom is -0.393 e. The third-order valence-corrected chi connectivity index (χ3v) is 3.91. The Bertz CT molecular complexity index is 315. The van der Waals surface area contributed by atoms with Crippen molar-refractivity contribution in [2.24, 2.45) is 5.92 Å². The number of ether oxygens (including phenoxy) is 1. The van der Waals surface area contributed by atoms with Gasteiger partial charge >= 0.3 is 0 Å². The number of carbonyl (C=O) groups excluding carboxylic acids is 2. The second-order valence-corrected chi connectivity index (χ2v) is 5.23. The molecule has 3 unspecified atom stereocenters. The smallest absolute Gasteiger partial charge is 0.255 e. The molecule has 3 atom stereocenters. The van der Waals surface area contributed by atoms with Crippen molar-refractivity contribution in [2.75, 3.05) is 13.2 Å². The minimum atomic E-state index is -0.397. The molecule has 2 rings (SSSR count). The Morgan fingerprint density at radius 2 is 1.94 bits per heavy atom. The van der Waals surface area contributed by atoms with Crippen molar-refractivity contribution in [2.45, 2.75) is 51.2 Å². The molecule has 1 saturated heterocycles. The fourth-order valence-corrected chi connectivity index (χ4v) is 3.09. The van der Waals surface area contributed by atoms with E-state index >= 15 is 0 Å². The van der Waals surface area contributed by atoms with Crippen molar-refractivity contribution in [3.8, 4) is 0 Å². The maximum absolute atomic E-state index is 11.9. The van der Waals surface area contributed by atoms with Gasteiger partial charge in [0.2, 0.25) is 0 Å². The molecule has 0 spiro atoms. The second-order valence-electron chi connectivity index (χ2n) is 5.23. The lowest BCUT2D eigenvalue weighted by Crippen LogP contribution is -2.56. The standard InChI is InChI=1S/C13H21NO4/c1-2-3-9-4-5-10(15)6-11(9)14-12(16)7-18-8-13(14)17/h9-11,15H,2-8H2,1H3. The summed E-state index contributed by atoms with van der Waals surface area (Å²) in [6, 6.07) is -0.141. The summed E-state index contributed by atoms with van der Waals surface area (Å²) >= 11 is 0. The largest absolute Gasteiger partial charge is 0.393 e. The van der Waals surface area contributed by atoms with Crippen LogP contribution in [0.2, 0.25) is 0 Å². The normalized spacial score (nSPS) is 33.9. The Labute approximate surface area is 107 Å². The van der Waals surface area contributed by atoms with E-state index in [1.165, 1.54) is 4.90 Å². The van der Waals surface area contributed by atoms with Gasteiger partial charge in [-0.2, -0.15) is 0 Å². The quantitative estimate of drug-likeness (QED) is 0.754.